The summed E-state index contributed by atoms with van der Waals surface area (Å²) in [6.07, 6.45) is 1.08. The van der Waals surface area contributed by atoms with Crippen LogP contribution in [0.1, 0.15) is 18.1 Å². The molecule has 1 N–H and O–H groups in total. The van der Waals surface area contributed by atoms with E-state index in [1.807, 2.05) is 42.5 Å². The number of carbonyl (C=O) groups excluding carboxylic acids is 1. The van der Waals surface area contributed by atoms with Crippen molar-refractivity contribution in [3.63, 3.8) is 0 Å². The van der Waals surface area contributed by atoms with Crippen molar-refractivity contribution in [1.29, 1.82) is 0 Å². The Morgan fingerprint density at radius 1 is 1.06 bits per heavy atom. The summed E-state index contributed by atoms with van der Waals surface area (Å²) in [7, 11) is -3.72. The van der Waals surface area contributed by atoms with Crippen LogP contribution in [0.5, 0.6) is 0 Å². The van der Waals surface area contributed by atoms with Gasteiger partial charge in [0.2, 0.25) is 15.9 Å². The quantitative estimate of drug-likeness (QED) is 0.411. The maximum atomic E-state index is 12.9. The molecule has 0 aliphatic rings. The highest BCUT2D eigenvalue weighted by molar-refractivity contribution is 7.98. The molecule has 1 atom stereocenters. The maximum absolute atomic E-state index is 12.9. The van der Waals surface area contributed by atoms with Gasteiger partial charge in [-0.2, -0.15) is 0 Å². The number of aryl methyl sites for hydroxylation is 1. The van der Waals surface area contributed by atoms with E-state index in [4.69, 9.17) is 11.6 Å². The second-order valence-corrected chi connectivity index (χ2v) is 10.8. The van der Waals surface area contributed by atoms with E-state index in [9.17, 15) is 13.2 Å². The largest absolute Gasteiger partial charge is 0.324 e. The van der Waals surface area contributed by atoms with Crippen LogP contribution in [0.3, 0.4) is 0 Å². The second-order valence-electron chi connectivity index (χ2n) is 7.45. The number of rotatable bonds is 8. The first-order valence-electron chi connectivity index (χ1n) is 9.98. The van der Waals surface area contributed by atoms with Crippen LogP contribution in [0.2, 0.25) is 5.02 Å². The summed E-state index contributed by atoms with van der Waals surface area (Å²) in [6.45, 7) is 3.34. The topological polar surface area (TPSA) is 66.5 Å². The van der Waals surface area contributed by atoms with Crippen LogP contribution in [-0.4, -0.2) is 26.6 Å². The monoisotopic (exact) mass is 488 g/mol. The van der Waals surface area contributed by atoms with E-state index in [1.54, 1.807) is 43.8 Å². The number of anilines is 2. The van der Waals surface area contributed by atoms with Crippen LogP contribution < -0.4 is 9.62 Å². The van der Waals surface area contributed by atoms with E-state index >= 15 is 0 Å². The van der Waals surface area contributed by atoms with Gasteiger partial charge in [0, 0.05) is 21.4 Å². The van der Waals surface area contributed by atoms with Crippen molar-refractivity contribution in [2.75, 3.05) is 15.9 Å². The second kappa shape index (κ2) is 10.4. The zero-order chi connectivity index (χ0) is 23.3. The smallest absolute Gasteiger partial charge is 0.247 e. The summed E-state index contributed by atoms with van der Waals surface area (Å²) >= 11 is 7.81. The number of carbonyl (C=O) groups is 1. The highest BCUT2D eigenvalue weighted by Gasteiger charge is 2.30. The Morgan fingerprint density at radius 3 is 2.34 bits per heavy atom. The molecule has 8 heteroatoms. The van der Waals surface area contributed by atoms with Gasteiger partial charge in [-0.1, -0.05) is 48.0 Å². The molecule has 3 aromatic rings. The van der Waals surface area contributed by atoms with Gasteiger partial charge < -0.3 is 5.32 Å². The highest BCUT2D eigenvalue weighted by Crippen LogP contribution is 2.29. The maximum Gasteiger partial charge on any atom is 0.247 e. The van der Waals surface area contributed by atoms with E-state index in [0.29, 0.717) is 22.0 Å². The third kappa shape index (κ3) is 6.28. The van der Waals surface area contributed by atoms with Gasteiger partial charge in [-0.15, -0.1) is 11.8 Å². The number of hydrogen-bond acceptors (Lipinski definition) is 4. The van der Waals surface area contributed by atoms with E-state index in [-0.39, 0.29) is 0 Å². The molecule has 0 saturated carbocycles. The van der Waals surface area contributed by atoms with E-state index in [0.717, 1.165) is 21.9 Å². The molecule has 1 amide bonds. The SMILES string of the molecule is Cc1ccc(Cl)cc1N([C@H](C)C(=O)Nc1ccc(CSc2ccccc2)cc1)S(C)(=O)=O. The Bertz CT molecular complexity index is 1180. The van der Waals surface area contributed by atoms with Gasteiger partial charge in [0.1, 0.15) is 6.04 Å². The number of sulfonamides is 1. The summed E-state index contributed by atoms with van der Waals surface area (Å²) in [5, 5.41) is 3.21. The molecule has 0 bridgehead atoms. The first-order chi connectivity index (χ1) is 15.1. The van der Waals surface area contributed by atoms with Gasteiger partial charge in [0.05, 0.1) is 11.9 Å². The molecule has 0 aliphatic heterocycles. The molecule has 32 heavy (non-hydrogen) atoms. The molecule has 168 valence electrons. The minimum Gasteiger partial charge on any atom is -0.324 e. The van der Waals surface area contributed by atoms with Crippen molar-refractivity contribution in [1.82, 2.24) is 0 Å². The van der Waals surface area contributed by atoms with Crippen molar-refractivity contribution < 1.29 is 13.2 Å². The van der Waals surface area contributed by atoms with Gasteiger partial charge in [-0.05, 0) is 61.4 Å². The van der Waals surface area contributed by atoms with Crippen LogP contribution >= 0.6 is 23.4 Å². The van der Waals surface area contributed by atoms with Gasteiger partial charge in [0.25, 0.3) is 0 Å². The summed E-state index contributed by atoms with van der Waals surface area (Å²) < 4.78 is 26.2. The van der Waals surface area contributed by atoms with Crippen LogP contribution in [0.4, 0.5) is 11.4 Å². The van der Waals surface area contributed by atoms with Crippen LogP contribution in [0.15, 0.2) is 77.7 Å². The summed E-state index contributed by atoms with van der Waals surface area (Å²) in [5.41, 5.74) is 2.82. The van der Waals surface area contributed by atoms with E-state index in [1.165, 1.54) is 4.90 Å². The molecule has 0 unspecified atom stereocenters. The molecule has 0 aliphatic carbocycles. The molecular weight excluding hydrogens is 464 g/mol. The number of thioether (sulfide) groups is 1. The van der Waals surface area contributed by atoms with Crippen LogP contribution in [-0.2, 0) is 20.6 Å². The Kier molecular flexibility index (Phi) is 7.87. The Morgan fingerprint density at radius 2 is 1.72 bits per heavy atom. The fraction of sp³-hybridized carbons (Fsp3) is 0.208. The first-order valence-corrected chi connectivity index (χ1v) is 13.2. The number of halogens is 1. The average Bonchev–Trinajstić information content (AvgIpc) is 2.75. The minimum absolute atomic E-state index is 0.385. The zero-order valence-corrected chi connectivity index (χ0v) is 20.5. The van der Waals surface area contributed by atoms with Crippen molar-refractivity contribution in [3.05, 3.63) is 88.9 Å². The van der Waals surface area contributed by atoms with Crippen molar-refractivity contribution in [2.24, 2.45) is 0 Å². The Labute approximate surface area is 198 Å². The number of nitrogens with zero attached hydrogens (tertiary/aromatic N) is 1. The lowest BCUT2D eigenvalue weighted by atomic mass is 10.1. The molecule has 0 saturated heterocycles. The molecule has 0 fully saturated rings. The number of nitrogens with one attached hydrogen (secondary N) is 1. The van der Waals surface area contributed by atoms with Crippen molar-refractivity contribution in [3.8, 4) is 0 Å². The van der Waals surface area contributed by atoms with Crippen molar-refractivity contribution in [2.45, 2.75) is 30.5 Å². The predicted molar refractivity (Wildman–Crippen MR) is 134 cm³/mol. The first kappa shape index (κ1) is 24.2. The molecule has 0 spiro atoms. The molecule has 0 aromatic heterocycles. The lowest BCUT2D eigenvalue weighted by Crippen LogP contribution is -2.45. The molecule has 3 rings (SSSR count). The Balaban J connectivity index is 1.71. The third-order valence-electron chi connectivity index (χ3n) is 4.87. The summed E-state index contributed by atoms with van der Waals surface area (Å²) in [5.74, 6) is 0.381. The fourth-order valence-corrected chi connectivity index (χ4v) is 5.48. The number of hydrogen-bond donors (Lipinski definition) is 1. The summed E-state index contributed by atoms with van der Waals surface area (Å²) in [6, 6.07) is 21.7. The van der Waals surface area contributed by atoms with Crippen LogP contribution in [0, 0.1) is 6.92 Å². The lowest BCUT2D eigenvalue weighted by molar-refractivity contribution is -0.116. The molecule has 5 nitrogen and oxygen atoms in total. The number of amides is 1. The van der Waals surface area contributed by atoms with Crippen molar-refractivity contribution >= 4 is 50.7 Å². The minimum atomic E-state index is -3.72. The summed E-state index contributed by atoms with van der Waals surface area (Å²) in [4.78, 5) is 14.1. The molecule has 0 radical (unpaired) electrons. The van der Waals surface area contributed by atoms with Crippen LogP contribution in [0.25, 0.3) is 0 Å². The third-order valence-corrected chi connectivity index (χ3v) is 7.41. The molecule has 3 aromatic carbocycles. The van der Waals surface area contributed by atoms with Gasteiger partial charge >= 0.3 is 0 Å². The standard InChI is InChI=1S/C24H25ClN2O3S2/c1-17-9-12-20(25)15-23(17)27(32(3,29)30)18(2)24(28)26-21-13-10-19(11-14-21)16-31-22-7-5-4-6-8-22/h4-15,18H,16H2,1-3H3,(H,26,28)/t18-/m1/s1. The van der Waals surface area contributed by atoms with E-state index in [2.05, 4.69) is 17.4 Å². The van der Waals surface area contributed by atoms with E-state index < -0.39 is 22.0 Å². The lowest BCUT2D eigenvalue weighted by Gasteiger charge is -2.29. The number of benzene rings is 3. The van der Waals surface area contributed by atoms with Gasteiger partial charge in [-0.25, -0.2) is 8.42 Å². The predicted octanol–water partition coefficient (Wildman–Crippen LogP) is 5.73. The molecular formula is C24H25ClN2O3S2. The van der Waals surface area contributed by atoms with Gasteiger partial charge in [-0.3, -0.25) is 9.10 Å². The normalized spacial score (nSPS) is 12.2. The highest BCUT2D eigenvalue weighted by atomic mass is 35.5. The fourth-order valence-electron chi connectivity index (χ4n) is 3.22. The van der Waals surface area contributed by atoms with Gasteiger partial charge in [0.15, 0.2) is 0 Å². The molecule has 0 heterocycles. The average molecular weight is 489 g/mol. The zero-order valence-electron chi connectivity index (χ0n) is 18.1. The Hall–Kier alpha value is -2.48.